The smallest absolute Gasteiger partial charge is 0.147 e. The number of hydrogen-bond acceptors (Lipinski definition) is 6. The average molecular weight is 373 g/mol. The van der Waals surface area contributed by atoms with Crippen LogP contribution in [0.25, 0.3) is 0 Å². The van der Waals surface area contributed by atoms with E-state index in [4.69, 9.17) is 4.98 Å². The van der Waals surface area contributed by atoms with Crippen molar-refractivity contribution in [3.05, 3.63) is 27.7 Å². The molecule has 7 heteroatoms. The van der Waals surface area contributed by atoms with Gasteiger partial charge in [-0.1, -0.05) is 12.8 Å². The fraction of sp³-hybridized carbons (Fsp3) is 0.737. The molecule has 5 rings (SSSR count). The standard InChI is InChI=1S/C19H28N6S/c1-2-4-15(3-1)19-21-11-16(26-19)13-24-8-5-14(6-9-24)18-23-22-17-12-20-7-10-25(17)18/h11,14-15,20H,1-10,12-13H2. The van der Waals surface area contributed by atoms with Crippen molar-refractivity contribution in [1.29, 1.82) is 0 Å². The number of thiazole rings is 1. The molecule has 26 heavy (non-hydrogen) atoms. The van der Waals surface area contributed by atoms with Crippen molar-refractivity contribution in [2.24, 2.45) is 0 Å². The lowest BCUT2D eigenvalue weighted by molar-refractivity contribution is 0.201. The summed E-state index contributed by atoms with van der Waals surface area (Å²) >= 11 is 1.95. The Bertz CT molecular complexity index is 739. The predicted octanol–water partition coefficient (Wildman–Crippen LogP) is 2.88. The summed E-state index contributed by atoms with van der Waals surface area (Å²) in [5, 5.41) is 13.7. The Labute approximate surface area is 159 Å². The fourth-order valence-corrected chi connectivity index (χ4v) is 5.87. The van der Waals surface area contributed by atoms with Gasteiger partial charge in [-0.25, -0.2) is 4.98 Å². The van der Waals surface area contributed by atoms with Crippen molar-refractivity contribution in [2.75, 3.05) is 19.6 Å². The van der Waals surface area contributed by atoms with E-state index in [1.165, 1.54) is 54.2 Å². The molecule has 0 radical (unpaired) electrons. The highest BCUT2D eigenvalue weighted by Gasteiger charge is 2.27. The van der Waals surface area contributed by atoms with Crippen molar-refractivity contribution in [3.8, 4) is 0 Å². The second kappa shape index (κ2) is 7.37. The molecule has 4 heterocycles. The van der Waals surface area contributed by atoms with Crippen LogP contribution >= 0.6 is 11.3 Å². The first-order chi connectivity index (χ1) is 12.9. The molecule has 6 nitrogen and oxygen atoms in total. The monoisotopic (exact) mass is 372 g/mol. The lowest BCUT2D eigenvalue weighted by Gasteiger charge is -2.31. The van der Waals surface area contributed by atoms with E-state index in [0.29, 0.717) is 5.92 Å². The first-order valence-corrected chi connectivity index (χ1v) is 11.0. The number of rotatable bonds is 4. The second-order valence-corrected chi connectivity index (χ2v) is 9.15. The van der Waals surface area contributed by atoms with Crippen molar-refractivity contribution in [1.82, 2.24) is 30.0 Å². The van der Waals surface area contributed by atoms with Gasteiger partial charge >= 0.3 is 0 Å². The van der Waals surface area contributed by atoms with Crippen LogP contribution in [-0.2, 0) is 19.6 Å². The third-order valence-electron chi connectivity index (χ3n) is 6.26. The summed E-state index contributed by atoms with van der Waals surface area (Å²) < 4.78 is 2.36. The van der Waals surface area contributed by atoms with Gasteiger partial charge in [-0.2, -0.15) is 0 Å². The molecule has 0 atom stereocenters. The quantitative estimate of drug-likeness (QED) is 0.894. The first-order valence-electron chi connectivity index (χ1n) is 10.2. The third-order valence-corrected chi connectivity index (χ3v) is 7.40. The number of aromatic nitrogens is 4. The molecule has 0 bridgehead atoms. The number of nitrogens with zero attached hydrogens (tertiary/aromatic N) is 5. The Morgan fingerprint density at radius 3 is 2.73 bits per heavy atom. The SMILES string of the molecule is c1nc(C2CCCC2)sc1CN1CCC(c2nnc3n2CCNC3)CC1. The lowest BCUT2D eigenvalue weighted by atomic mass is 9.95. The van der Waals surface area contributed by atoms with Crippen LogP contribution in [0.4, 0.5) is 0 Å². The van der Waals surface area contributed by atoms with E-state index in [1.54, 1.807) is 0 Å². The van der Waals surface area contributed by atoms with Gasteiger partial charge in [0, 0.05) is 42.5 Å². The molecule has 0 aromatic carbocycles. The average Bonchev–Trinajstić information content (AvgIpc) is 3.43. The number of likely N-dealkylation sites (tertiary alicyclic amines) is 1. The first kappa shape index (κ1) is 16.8. The highest BCUT2D eigenvalue weighted by Crippen LogP contribution is 2.36. The molecule has 1 N–H and O–H groups in total. The Morgan fingerprint density at radius 2 is 1.88 bits per heavy atom. The Kier molecular flexibility index (Phi) is 4.77. The molecule has 140 valence electrons. The van der Waals surface area contributed by atoms with Crippen molar-refractivity contribution < 1.29 is 0 Å². The molecule has 0 amide bonds. The zero-order chi connectivity index (χ0) is 17.3. The van der Waals surface area contributed by atoms with Crippen LogP contribution in [0.5, 0.6) is 0 Å². The van der Waals surface area contributed by atoms with E-state index in [1.807, 2.05) is 11.3 Å². The maximum Gasteiger partial charge on any atom is 0.147 e. The van der Waals surface area contributed by atoms with Crippen LogP contribution in [0.2, 0.25) is 0 Å². The van der Waals surface area contributed by atoms with Gasteiger partial charge in [0.2, 0.25) is 0 Å². The molecule has 2 aromatic heterocycles. The van der Waals surface area contributed by atoms with Crippen molar-refractivity contribution in [2.45, 2.75) is 70.0 Å². The van der Waals surface area contributed by atoms with Gasteiger partial charge in [0.1, 0.15) is 11.6 Å². The van der Waals surface area contributed by atoms with Crippen LogP contribution < -0.4 is 5.32 Å². The second-order valence-electron chi connectivity index (χ2n) is 8.00. The molecule has 1 saturated heterocycles. The minimum absolute atomic E-state index is 0.570. The van der Waals surface area contributed by atoms with Crippen molar-refractivity contribution in [3.63, 3.8) is 0 Å². The molecule has 2 fully saturated rings. The summed E-state index contributed by atoms with van der Waals surface area (Å²) in [6, 6.07) is 0. The Morgan fingerprint density at radius 1 is 1.04 bits per heavy atom. The van der Waals surface area contributed by atoms with Crippen LogP contribution in [0, 0.1) is 0 Å². The molecular weight excluding hydrogens is 344 g/mol. The van der Waals surface area contributed by atoms with Crippen molar-refractivity contribution >= 4 is 11.3 Å². The van der Waals surface area contributed by atoms with Gasteiger partial charge < -0.3 is 9.88 Å². The minimum Gasteiger partial charge on any atom is -0.312 e. The van der Waals surface area contributed by atoms with Crippen LogP contribution in [-0.4, -0.2) is 44.3 Å². The Balaban J connectivity index is 1.18. The summed E-state index contributed by atoms with van der Waals surface area (Å²) in [5.74, 6) is 3.65. The van der Waals surface area contributed by atoms with E-state index in [9.17, 15) is 0 Å². The van der Waals surface area contributed by atoms with E-state index >= 15 is 0 Å². The molecular formula is C19H28N6S. The summed E-state index contributed by atoms with van der Waals surface area (Å²) in [6.07, 6.45) is 9.98. The topological polar surface area (TPSA) is 58.9 Å². The zero-order valence-corrected chi connectivity index (χ0v) is 16.2. The number of hydrogen-bond donors (Lipinski definition) is 1. The number of fused-ring (bicyclic) bond motifs is 1. The Hall–Kier alpha value is -1.31. The van der Waals surface area contributed by atoms with Gasteiger partial charge in [-0.15, -0.1) is 21.5 Å². The molecule has 2 aliphatic heterocycles. The minimum atomic E-state index is 0.570. The van der Waals surface area contributed by atoms with Gasteiger partial charge in [0.25, 0.3) is 0 Å². The zero-order valence-electron chi connectivity index (χ0n) is 15.4. The van der Waals surface area contributed by atoms with Gasteiger partial charge in [0.15, 0.2) is 0 Å². The normalized spacial score (nSPS) is 22.8. The fourth-order valence-electron chi connectivity index (χ4n) is 4.74. The molecule has 1 aliphatic carbocycles. The highest BCUT2D eigenvalue weighted by atomic mass is 32.1. The van der Waals surface area contributed by atoms with Crippen LogP contribution in [0.3, 0.4) is 0 Å². The van der Waals surface area contributed by atoms with E-state index in [-0.39, 0.29) is 0 Å². The largest absolute Gasteiger partial charge is 0.312 e. The van der Waals surface area contributed by atoms with Gasteiger partial charge in [-0.05, 0) is 38.8 Å². The predicted molar refractivity (Wildman–Crippen MR) is 102 cm³/mol. The highest BCUT2D eigenvalue weighted by molar-refractivity contribution is 7.11. The van der Waals surface area contributed by atoms with E-state index in [2.05, 4.69) is 31.2 Å². The summed E-state index contributed by atoms with van der Waals surface area (Å²) in [5.41, 5.74) is 0. The lowest BCUT2D eigenvalue weighted by Crippen LogP contribution is -2.34. The van der Waals surface area contributed by atoms with Crippen LogP contribution in [0.15, 0.2) is 6.20 Å². The molecule has 0 spiro atoms. The molecule has 0 unspecified atom stereocenters. The van der Waals surface area contributed by atoms with Gasteiger partial charge in [0.05, 0.1) is 11.6 Å². The molecule has 2 aromatic rings. The van der Waals surface area contributed by atoms with E-state index < -0.39 is 0 Å². The molecule has 1 saturated carbocycles. The van der Waals surface area contributed by atoms with Gasteiger partial charge in [-0.3, -0.25) is 4.90 Å². The number of nitrogens with one attached hydrogen (secondary N) is 1. The summed E-state index contributed by atoms with van der Waals surface area (Å²) in [4.78, 5) is 8.77. The summed E-state index contributed by atoms with van der Waals surface area (Å²) in [7, 11) is 0. The third kappa shape index (κ3) is 3.32. The number of piperidine rings is 1. The maximum absolute atomic E-state index is 4.73. The molecule has 3 aliphatic rings. The van der Waals surface area contributed by atoms with Crippen LogP contribution in [0.1, 0.15) is 71.9 Å². The maximum atomic E-state index is 4.73. The van der Waals surface area contributed by atoms with E-state index in [0.717, 1.165) is 51.0 Å². The summed E-state index contributed by atoms with van der Waals surface area (Å²) in [6.45, 7) is 6.29.